The van der Waals surface area contributed by atoms with Crippen LogP contribution < -0.4 is 5.73 Å². The highest BCUT2D eigenvalue weighted by Crippen LogP contribution is 2.37. The summed E-state index contributed by atoms with van der Waals surface area (Å²) in [6.07, 6.45) is 2.29. The number of hydrogen-bond acceptors (Lipinski definition) is 2. The van der Waals surface area contributed by atoms with Gasteiger partial charge in [0.2, 0.25) is 0 Å². The van der Waals surface area contributed by atoms with Crippen LogP contribution in [0.1, 0.15) is 53.9 Å². The van der Waals surface area contributed by atoms with Gasteiger partial charge in [0.1, 0.15) is 0 Å². The fourth-order valence-electron chi connectivity index (χ4n) is 3.48. The molecule has 1 rings (SSSR count). The maximum atomic E-state index is 11.2. The maximum absolute atomic E-state index is 11.2. The molecule has 3 N–H and O–H groups in total. The molecular weight excluding hydrogens is 240 g/mol. The first-order valence-corrected chi connectivity index (χ1v) is 7.26. The molecule has 1 unspecified atom stereocenters. The van der Waals surface area contributed by atoms with E-state index in [9.17, 15) is 9.90 Å². The van der Waals surface area contributed by atoms with Crippen LogP contribution in [0.3, 0.4) is 0 Å². The molecule has 1 heterocycles. The van der Waals surface area contributed by atoms with E-state index in [-0.39, 0.29) is 11.0 Å². The molecule has 0 aromatic rings. The standard InChI is InChI=1S/C15H30N2O2/c1-14(2,3)7-11(9-16)6-12-8-15(4,5)17(10-12)13(18)19/h11-12H,6-10,16H2,1-5H3,(H,18,19)/t11?,12-/m0/s1. The van der Waals surface area contributed by atoms with Crippen LogP contribution in [0.15, 0.2) is 0 Å². The summed E-state index contributed by atoms with van der Waals surface area (Å²) in [5.41, 5.74) is 5.93. The monoisotopic (exact) mass is 270 g/mol. The maximum Gasteiger partial charge on any atom is 0.407 e. The zero-order valence-corrected chi connectivity index (χ0v) is 13.1. The second-order valence-electron chi connectivity index (χ2n) is 7.88. The van der Waals surface area contributed by atoms with E-state index in [1.54, 1.807) is 4.90 Å². The lowest BCUT2D eigenvalue weighted by Crippen LogP contribution is -2.41. The van der Waals surface area contributed by atoms with Crippen molar-refractivity contribution in [2.45, 2.75) is 59.4 Å². The molecule has 0 aromatic heterocycles. The van der Waals surface area contributed by atoms with E-state index in [2.05, 4.69) is 20.8 Å². The minimum absolute atomic E-state index is 0.239. The summed E-state index contributed by atoms with van der Waals surface area (Å²) < 4.78 is 0. The largest absolute Gasteiger partial charge is 0.465 e. The molecule has 4 heteroatoms. The van der Waals surface area contributed by atoms with Crippen molar-refractivity contribution in [2.24, 2.45) is 23.0 Å². The van der Waals surface area contributed by atoms with Gasteiger partial charge in [0.05, 0.1) is 0 Å². The van der Waals surface area contributed by atoms with Crippen LogP contribution in [0.4, 0.5) is 4.79 Å². The molecule has 112 valence electrons. The number of nitrogens with zero attached hydrogens (tertiary/aromatic N) is 1. The van der Waals surface area contributed by atoms with E-state index in [1.807, 2.05) is 13.8 Å². The minimum atomic E-state index is -0.799. The van der Waals surface area contributed by atoms with Gasteiger partial charge in [0.15, 0.2) is 0 Å². The lowest BCUT2D eigenvalue weighted by molar-refractivity contribution is 0.116. The Morgan fingerprint density at radius 1 is 1.47 bits per heavy atom. The molecule has 1 saturated heterocycles. The average molecular weight is 270 g/mol. The molecular formula is C15H30N2O2. The molecule has 1 aliphatic heterocycles. The minimum Gasteiger partial charge on any atom is -0.465 e. The van der Waals surface area contributed by atoms with Crippen LogP contribution >= 0.6 is 0 Å². The van der Waals surface area contributed by atoms with E-state index >= 15 is 0 Å². The Labute approximate surface area is 117 Å². The third kappa shape index (κ3) is 4.68. The van der Waals surface area contributed by atoms with Crippen molar-refractivity contribution in [3.8, 4) is 0 Å². The number of amides is 1. The third-order valence-corrected chi connectivity index (χ3v) is 4.09. The first-order valence-electron chi connectivity index (χ1n) is 7.26. The Morgan fingerprint density at radius 2 is 2.05 bits per heavy atom. The number of hydrogen-bond donors (Lipinski definition) is 2. The highest BCUT2D eigenvalue weighted by atomic mass is 16.4. The molecule has 1 aliphatic rings. The summed E-state index contributed by atoms with van der Waals surface area (Å²) in [6.45, 7) is 12.1. The molecule has 0 spiro atoms. The highest BCUT2D eigenvalue weighted by Gasteiger charge is 2.41. The summed E-state index contributed by atoms with van der Waals surface area (Å²) in [6, 6.07) is 0. The molecule has 0 aliphatic carbocycles. The second-order valence-corrected chi connectivity index (χ2v) is 7.88. The molecule has 4 nitrogen and oxygen atoms in total. The average Bonchev–Trinajstić information content (AvgIpc) is 2.50. The van der Waals surface area contributed by atoms with Gasteiger partial charge in [-0.3, -0.25) is 0 Å². The van der Waals surface area contributed by atoms with Crippen LogP contribution in [0.2, 0.25) is 0 Å². The van der Waals surface area contributed by atoms with Crippen LogP contribution in [0.25, 0.3) is 0 Å². The first kappa shape index (κ1) is 16.3. The van der Waals surface area contributed by atoms with Gasteiger partial charge in [-0.25, -0.2) is 4.79 Å². The zero-order valence-electron chi connectivity index (χ0n) is 13.1. The lowest BCUT2D eigenvalue weighted by atomic mass is 9.79. The normalized spacial score (nSPS) is 24.5. The van der Waals surface area contributed by atoms with Crippen molar-refractivity contribution in [1.82, 2.24) is 4.90 Å². The molecule has 0 saturated carbocycles. The van der Waals surface area contributed by atoms with Crippen molar-refractivity contribution in [1.29, 1.82) is 0 Å². The third-order valence-electron chi connectivity index (χ3n) is 4.09. The Hall–Kier alpha value is -0.770. The van der Waals surface area contributed by atoms with Crippen LogP contribution in [0.5, 0.6) is 0 Å². The van der Waals surface area contributed by atoms with Gasteiger partial charge in [-0.05, 0) is 56.9 Å². The predicted octanol–water partition coefficient (Wildman–Crippen LogP) is 3.17. The van der Waals surface area contributed by atoms with Gasteiger partial charge >= 0.3 is 6.09 Å². The zero-order chi connectivity index (χ0) is 14.8. The molecule has 0 radical (unpaired) electrons. The molecule has 1 amide bonds. The summed E-state index contributed by atoms with van der Waals surface area (Å²) in [4.78, 5) is 12.8. The molecule has 1 fully saturated rings. The number of likely N-dealkylation sites (tertiary alicyclic amines) is 1. The predicted molar refractivity (Wildman–Crippen MR) is 78.2 cm³/mol. The molecule has 2 atom stereocenters. The van der Waals surface area contributed by atoms with E-state index in [1.165, 1.54) is 0 Å². The molecule has 0 aromatic carbocycles. The van der Waals surface area contributed by atoms with E-state index in [4.69, 9.17) is 5.73 Å². The summed E-state index contributed by atoms with van der Waals surface area (Å²) >= 11 is 0. The second kappa shape index (κ2) is 5.70. The fourth-order valence-corrected chi connectivity index (χ4v) is 3.48. The van der Waals surface area contributed by atoms with Gasteiger partial charge in [0.25, 0.3) is 0 Å². The van der Waals surface area contributed by atoms with Crippen molar-refractivity contribution < 1.29 is 9.90 Å². The Bertz CT molecular complexity index is 321. The number of rotatable bonds is 4. The van der Waals surface area contributed by atoms with Gasteiger partial charge in [-0.15, -0.1) is 0 Å². The summed E-state index contributed by atoms with van der Waals surface area (Å²) in [5, 5.41) is 9.25. The van der Waals surface area contributed by atoms with Crippen LogP contribution in [0, 0.1) is 17.3 Å². The van der Waals surface area contributed by atoms with Crippen molar-refractivity contribution in [3.63, 3.8) is 0 Å². The Morgan fingerprint density at radius 3 is 2.42 bits per heavy atom. The fraction of sp³-hybridized carbons (Fsp3) is 0.933. The van der Waals surface area contributed by atoms with Crippen molar-refractivity contribution in [2.75, 3.05) is 13.1 Å². The highest BCUT2D eigenvalue weighted by molar-refractivity contribution is 5.66. The van der Waals surface area contributed by atoms with E-state index < -0.39 is 6.09 Å². The van der Waals surface area contributed by atoms with Crippen molar-refractivity contribution in [3.05, 3.63) is 0 Å². The summed E-state index contributed by atoms with van der Waals surface area (Å²) in [7, 11) is 0. The Balaban J connectivity index is 2.61. The van der Waals surface area contributed by atoms with Crippen molar-refractivity contribution >= 4 is 6.09 Å². The van der Waals surface area contributed by atoms with Gasteiger partial charge in [0, 0.05) is 12.1 Å². The summed E-state index contributed by atoms with van der Waals surface area (Å²) in [5.74, 6) is 0.941. The first-order chi connectivity index (χ1) is 8.55. The quantitative estimate of drug-likeness (QED) is 0.824. The topological polar surface area (TPSA) is 66.6 Å². The molecule has 0 bridgehead atoms. The number of nitrogens with two attached hydrogens (primary N) is 1. The van der Waals surface area contributed by atoms with Gasteiger partial charge in [-0.2, -0.15) is 0 Å². The Kier molecular flexibility index (Phi) is 4.88. The van der Waals surface area contributed by atoms with Gasteiger partial charge < -0.3 is 15.7 Å². The SMILES string of the molecule is CC(C)(C)CC(CN)C[C@@H]1CN(C(=O)O)C(C)(C)C1. The molecule has 19 heavy (non-hydrogen) atoms. The van der Waals surface area contributed by atoms with Gasteiger partial charge in [-0.1, -0.05) is 20.8 Å². The van der Waals surface area contributed by atoms with Crippen LogP contribution in [-0.4, -0.2) is 34.7 Å². The van der Waals surface area contributed by atoms with E-state index in [0.29, 0.717) is 24.9 Å². The number of carbonyl (C=O) groups is 1. The van der Waals surface area contributed by atoms with Crippen LogP contribution in [-0.2, 0) is 0 Å². The number of carboxylic acid groups (broad SMARTS) is 1. The van der Waals surface area contributed by atoms with E-state index in [0.717, 1.165) is 19.3 Å². The smallest absolute Gasteiger partial charge is 0.407 e. The lowest BCUT2D eigenvalue weighted by Gasteiger charge is -2.28.